The molecule has 0 radical (unpaired) electrons. The molecule has 0 fully saturated rings. The van der Waals surface area contributed by atoms with Crippen LogP contribution in [0.15, 0.2) is 53.4 Å². The van der Waals surface area contributed by atoms with Crippen molar-refractivity contribution in [3.8, 4) is 5.75 Å². The van der Waals surface area contributed by atoms with Crippen LogP contribution in [0.25, 0.3) is 0 Å². The van der Waals surface area contributed by atoms with E-state index >= 15 is 0 Å². The van der Waals surface area contributed by atoms with Crippen LogP contribution in [-0.2, 0) is 10.0 Å². The molecule has 0 aliphatic carbocycles. The zero-order chi connectivity index (χ0) is 16.9. The molecule has 0 spiro atoms. The molecule has 0 bridgehead atoms. The van der Waals surface area contributed by atoms with Crippen LogP contribution in [0.3, 0.4) is 0 Å². The van der Waals surface area contributed by atoms with E-state index in [-0.39, 0.29) is 5.78 Å². The molecular formula is C16H17NO4S2. The number of ketones is 1. The summed E-state index contributed by atoms with van der Waals surface area (Å²) in [4.78, 5) is 13.1. The molecule has 2 rings (SSSR count). The summed E-state index contributed by atoms with van der Waals surface area (Å²) in [5.41, 5.74) is 0.983. The zero-order valence-corrected chi connectivity index (χ0v) is 14.4. The van der Waals surface area contributed by atoms with Gasteiger partial charge in [0.2, 0.25) is 10.0 Å². The number of nitrogens with one attached hydrogen (secondary N) is 1. The lowest BCUT2D eigenvalue weighted by Crippen LogP contribution is -2.10. The Labute approximate surface area is 140 Å². The van der Waals surface area contributed by atoms with E-state index in [0.717, 1.165) is 16.9 Å². The minimum absolute atomic E-state index is 0.0169. The predicted molar refractivity (Wildman–Crippen MR) is 93.0 cm³/mol. The van der Waals surface area contributed by atoms with E-state index in [1.54, 1.807) is 31.4 Å². The minimum atomic E-state index is -3.31. The molecule has 0 aliphatic rings. The summed E-state index contributed by atoms with van der Waals surface area (Å²) in [6, 6.07) is 13.9. The van der Waals surface area contributed by atoms with Gasteiger partial charge in [-0.2, -0.15) is 0 Å². The number of benzene rings is 2. The Bertz CT molecular complexity index is 769. The highest BCUT2D eigenvalue weighted by molar-refractivity contribution is 8.00. The Morgan fingerprint density at radius 1 is 1.09 bits per heavy atom. The van der Waals surface area contributed by atoms with Gasteiger partial charge in [0.05, 0.1) is 19.1 Å². The van der Waals surface area contributed by atoms with Crippen molar-refractivity contribution in [2.75, 3.05) is 23.8 Å². The second kappa shape index (κ2) is 7.52. The number of Topliss-reactive ketones (excluding diaryl/α,β-unsaturated/α-hetero) is 1. The third kappa shape index (κ3) is 5.61. The minimum Gasteiger partial charge on any atom is -0.497 e. The van der Waals surface area contributed by atoms with Crippen LogP contribution in [-0.4, -0.2) is 33.3 Å². The van der Waals surface area contributed by atoms with Crippen LogP contribution in [0.5, 0.6) is 5.75 Å². The molecule has 0 aliphatic heterocycles. The molecule has 1 N–H and O–H groups in total. The number of anilines is 1. The SMILES string of the molecule is COc1ccc(SCC(=O)c2ccc(NS(C)(=O)=O)cc2)cc1. The Morgan fingerprint density at radius 2 is 1.70 bits per heavy atom. The smallest absolute Gasteiger partial charge is 0.229 e. The van der Waals surface area contributed by atoms with Crippen LogP contribution in [0.4, 0.5) is 5.69 Å². The van der Waals surface area contributed by atoms with E-state index in [2.05, 4.69) is 4.72 Å². The van der Waals surface area contributed by atoms with Crippen molar-refractivity contribution in [2.24, 2.45) is 0 Å². The largest absolute Gasteiger partial charge is 0.497 e. The number of thioether (sulfide) groups is 1. The first kappa shape index (κ1) is 17.4. The maximum Gasteiger partial charge on any atom is 0.229 e. The number of hydrogen-bond acceptors (Lipinski definition) is 5. The van der Waals surface area contributed by atoms with E-state index in [9.17, 15) is 13.2 Å². The zero-order valence-electron chi connectivity index (χ0n) is 12.8. The Morgan fingerprint density at radius 3 is 2.22 bits per heavy atom. The van der Waals surface area contributed by atoms with Gasteiger partial charge in [0.15, 0.2) is 5.78 Å². The molecule has 7 heteroatoms. The number of ether oxygens (including phenoxy) is 1. The Hall–Kier alpha value is -1.99. The average Bonchev–Trinajstić information content (AvgIpc) is 2.52. The summed E-state index contributed by atoms with van der Waals surface area (Å²) < 4.78 is 29.7. The van der Waals surface area contributed by atoms with Gasteiger partial charge < -0.3 is 4.74 Å². The van der Waals surface area contributed by atoms with E-state index in [0.29, 0.717) is 17.0 Å². The van der Waals surface area contributed by atoms with E-state index in [1.807, 2.05) is 24.3 Å². The van der Waals surface area contributed by atoms with Gasteiger partial charge in [-0.15, -0.1) is 11.8 Å². The lowest BCUT2D eigenvalue weighted by atomic mass is 10.1. The van der Waals surface area contributed by atoms with Crippen LogP contribution in [0, 0.1) is 0 Å². The Balaban J connectivity index is 1.94. The topological polar surface area (TPSA) is 72.5 Å². The van der Waals surface area contributed by atoms with Crippen molar-refractivity contribution < 1.29 is 17.9 Å². The third-order valence-corrected chi connectivity index (χ3v) is 4.56. The molecule has 0 saturated carbocycles. The molecule has 122 valence electrons. The summed E-state index contributed by atoms with van der Waals surface area (Å²) in [7, 11) is -1.71. The fraction of sp³-hybridized carbons (Fsp3) is 0.188. The van der Waals surface area contributed by atoms with Crippen LogP contribution < -0.4 is 9.46 Å². The van der Waals surface area contributed by atoms with Crippen molar-refractivity contribution in [3.63, 3.8) is 0 Å². The molecule has 0 amide bonds. The van der Waals surface area contributed by atoms with Crippen molar-refractivity contribution in [1.29, 1.82) is 0 Å². The van der Waals surface area contributed by atoms with Crippen molar-refractivity contribution in [1.82, 2.24) is 0 Å². The molecule has 0 saturated heterocycles. The van der Waals surface area contributed by atoms with Gasteiger partial charge >= 0.3 is 0 Å². The quantitative estimate of drug-likeness (QED) is 0.613. The summed E-state index contributed by atoms with van der Waals surface area (Å²) in [6.07, 6.45) is 1.08. The molecule has 5 nitrogen and oxygen atoms in total. The second-order valence-electron chi connectivity index (χ2n) is 4.84. The van der Waals surface area contributed by atoms with Gasteiger partial charge in [-0.05, 0) is 48.5 Å². The molecule has 0 atom stereocenters. The molecule has 2 aromatic rings. The monoisotopic (exact) mass is 351 g/mol. The summed E-state index contributed by atoms with van der Waals surface area (Å²) in [5, 5.41) is 0. The lowest BCUT2D eigenvalue weighted by molar-refractivity contribution is 0.102. The lowest BCUT2D eigenvalue weighted by Gasteiger charge is -2.06. The highest BCUT2D eigenvalue weighted by Crippen LogP contribution is 2.22. The van der Waals surface area contributed by atoms with Crippen molar-refractivity contribution in [3.05, 3.63) is 54.1 Å². The molecular weight excluding hydrogens is 334 g/mol. The summed E-state index contributed by atoms with van der Waals surface area (Å²) in [6.45, 7) is 0. The third-order valence-electron chi connectivity index (χ3n) is 2.94. The first-order chi connectivity index (χ1) is 10.9. The fourth-order valence-corrected chi connectivity index (χ4v) is 3.20. The molecule has 23 heavy (non-hydrogen) atoms. The highest BCUT2D eigenvalue weighted by Gasteiger charge is 2.08. The number of carbonyl (C=O) groups excluding carboxylic acids is 1. The standard InChI is InChI=1S/C16H17NO4S2/c1-21-14-7-9-15(10-8-14)22-11-16(18)12-3-5-13(6-4-12)17-23(2,19)20/h3-10,17H,11H2,1-2H3. The Kier molecular flexibility index (Phi) is 5.68. The number of methoxy groups -OCH3 is 1. The fourth-order valence-electron chi connectivity index (χ4n) is 1.84. The van der Waals surface area contributed by atoms with Crippen LogP contribution in [0.2, 0.25) is 0 Å². The van der Waals surface area contributed by atoms with Crippen LogP contribution >= 0.6 is 11.8 Å². The van der Waals surface area contributed by atoms with Gasteiger partial charge in [-0.1, -0.05) is 0 Å². The number of sulfonamides is 1. The van der Waals surface area contributed by atoms with Gasteiger partial charge in [-0.25, -0.2) is 8.42 Å². The normalized spacial score (nSPS) is 11.0. The predicted octanol–water partition coefficient (Wildman–Crippen LogP) is 3.04. The average molecular weight is 351 g/mol. The first-order valence-electron chi connectivity index (χ1n) is 6.75. The second-order valence-corrected chi connectivity index (χ2v) is 7.64. The van der Waals surface area contributed by atoms with Gasteiger partial charge in [-0.3, -0.25) is 9.52 Å². The number of rotatable bonds is 7. The van der Waals surface area contributed by atoms with Crippen LogP contribution in [0.1, 0.15) is 10.4 Å². The molecule has 0 unspecified atom stereocenters. The van der Waals surface area contributed by atoms with E-state index in [1.165, 1.54) is 11.8 Å². The molecule has 0 heterocycles. The van der Waals surface area contributed by atoms with E-state index in [4.69, 9.17) is 4.74 Å². The first-order valence-corrected chi connectivity index (χ1v) is 9.63. The maximum atomic E-state index is 12.2. The van der Waals surface area contributed by atoms with Gasteiger partial charge in [0.25, 0.3) is 0 Å². The van der Waals surface area contributed by atoms with Gasteiger partial charge in [0, 0.05) is 16.1 Å². The number of hydrogen-bond donors (Lipinski definition) is 1. The summed E-state index contributed by atoms with van der Waals surface area (Å²) in [5.74, 6) is 1.07. The number of carbonyl (C=O) groups is 1. The van der Waals surface area contributed by atoms with Gasteiger partial charge in [0.1, 0.15) is 5.75 Å². The van der Waals surface area contributed by atoms with E-state index < -0.39 is 10.0 Å². The van der Waals surface area contributed by atoms with Crippen molar-refractivity contribution >= 4 is 33.3 Å². The molecule has 0 aromatic heterocycles. The summed E-state index contributed by atoms with van der Waals surface area (Å²) >= 11 is 1.44. The molecule has 2 aromatic carbocycles. The highest BCUT2D eigenvalue weighted by atomic mass is 32.2. The van der Waals surface area contributed by atoms with Crippen molar-refractivity contribution in [2.45, 2.75) is 4.90 Å². The maximum absolute atomic E-state index is 12.2.